The van der Waals surface area contributed by atoms with Crippen LogP contribution in [0.1, 0.15) is 40.0 Å². The van der Waals surface area contributed by atoms with Crippen molar-refractivity contribution in [3.05, 3.63) is 0 Å². The summed E-state index contributed by atoms with van der Waals surface area (Å²) >= 11 is 0. The fourth-order valence-corrected chi connectivity index (χ4v) is 2.14. The van der Waals surface area contributed by atoms with Crippen LogP contribution >= 0.6 is 0 Å². The van der Waals surface area contributed by atoms with Crippen LogP contribution in [-0.4, -0.2) is 24.3 Å². The molecule has 0 saturated carbocycles. The van der Waals surface area contributed by atoms with Gasteiger partial charge in [-0.05, 0) is 30.6 Å². The second kappa shape index (κ2) is 4.97. The highest BCUT2D eigenvalue weighted by atomic mass is 16.5. The lowest BCUT2D eigenvalue weighted by Crippen LogP contribution is -2.32. The summed E-state index contributed by atoms with van der Waals surface area (Å²) in [5.41, 5.74) is -0.149. The van der Waals surface area contributed by atoms with E-state index in [0.717, 1.165) is 32.5 Å². The molecule has 1 aliphatic heterocycles. The van der Waals surface area contributed by atoms with Crippen LogP contribution in [0.5, 0.6) is 0 Å². The van der Waals surface area contributed by atoms with Gasteiger partial charge >= 0.3 is 5.97 Å². The predicted molar refractivity (Wildman–Crippen MR) is 58.7 cm³/mol. The van der Waals surface area contributed by atoms with E-state index in [9.17, 15) is 9.90 Å². The van der Waals surface area contributed by atoms with Gasteiger partial charge in [-0.25, -0.2) is 0 Å². The summed E-state index contributed by atoms with van der Waals surface area (Å²) in [6, 6.07) is 0. The molecular weight excluding hydrogens is 192 g/mol. The highest BCUT2D eigenvalue weighted by Gasteiger charge is 2.33. The van der Waals surface area contributed by atoms with Crippen molar-refractivity contribution in [2.24, 2.45) is 17.3 Å². The monoisotopic (exact) mass is 214 g/mol. The molecule has 1 fully saturated rings. The molecule has 88 valence electrons. The third kappa shape index (κ3) is 3.82. The van der Waals surface area contributed by atoms with Crippen LogP contribution in [0.25, 0.3) is 0 Å². The van der Waals surface area contributed by atoms with Crippen molar-refractivity contribution in [2.75, 3.05) is 13.2 Å². The van der Waals surface area contributed by atoms with Crippen molar-refractivity contribution >= 4 is 5.97 Å². The molecule has 1 heterocycles. The van der Waals surface area contributed by atoms with E-state index in [1.165, 1.54) is 0 Å². The van der Waals surface area contributed by atoms with E-state index in [0.29, 0.717) is 5.92 Å². The predicted octanol–water partition coefficient (Wildman–Crippen LogP) is 2.55. The van der Waals surface area contributed by atoms with Crippen molar-refractivity contribution < 1.29 is 14.6 Å². The minimum Gasteiger partial charge on any atom is -0.481 e. The Morgan fingerprint density at radius 2 is 1.93 bits per heavy atom. The van der Waals surface area contributed by atoms with Crippen LogP contribution < -0.4 is 0 Å². The van der Waals surface area contributed by atoms with Gasteiger partial charge in [0.1, 0.15) is 0 Å². The number of rotatable bonds is 3. The fraction of sp³-hybridized carbons (Fsp3) is 0.917. The van der Waals surface area contributed by atoms with Gasteiger partial charge in [-0.3, -0.25) is 4.79 Å². The highest BCUT2D eigenvalue weighted by Crippen LogP contribution is 2.34. The molecule has 3 nitrogen and oxygen atoms in total. The van der Waals surface area contributed by atoms with Gasteiger partial charge in [0.15, 0.2) is 0 Å². The number of carboxylic acids is 1. The zero-order chi connectivity index (χ0) is 11.5. The number of carbonyl (C=O) groups is 1. The molecule has 1 rings (SSSR count). The molecule has 0 radical (unpaired) electrons. The van der Waals surface area contributed by atoms with Crippen molar-refractivity contribution in [1.82, 2.24) is 0 Å². The minimum atomic E-state index is -0.658. The zero-order valence-electron chi connectivity index (χ0n) is 9.95. The minimum absolute atomic E-state index is 0.149. The summed E-state index contributed by atoms with van der Waals surface area (Å²) in [5, 5.41) is 9.21. The number of ether oxygens (including phenoxy) is 1. The molecule has 0 spiro atoms. The standard InChI is InChI=1S/C12H22O3/c1-12(2,3)10(11(13)14)8-9-4-6-15-7-5-9/h9-10H,4-8H2,1-3H3,(H,13,14). The molecule has 0 aromatic heterocycles. The van der Waals surface area contributed by atoms with Gasteiger partial charge in [0.2, 0.25) is 0 Å². The molecule has 3 heteroatoms. The quantitative estimate of drug-likeness (QED) is 0.785. The smallest absolute Gasteiger partial charge is 0.307 e. The molecule has 15 heavy (non-hydrogen) atoms. The Bertz CT molecular complexity index is 211. The molecule has 1 N–H and O–H groups in total. The van der Waals surface area contributed by atoms with Crippen LogP contribution in [0.3, 0.4) is 0 Å². The third-order valence-corrected chi connectivity index (χ3v) is 3.25. The first-order valence-electron chi connectivity index (χ1n) is 5.72. The molecule has 1 saturated heterocycles. The summed E-state index contributed by atoms with van der Waals surface area (Å²) in [5.74, 6) is -0.367. The molecule has 0 bridgehead atoms. The molecule has 1 aliphatic rings. The second-order valence-electron chi connectivity index (χ2n) is 5.55. The Hall–Kier alpha value is -0.570. The van der Waals surface area contributed by atoms with Crippen LogP contribution in [0.15, 0.2) is 0 Å². The van der Waals surface area contributed by atoms with E-state index in [-0.39, 0.29) is 11.3 Å². The maximum atomic E-state index is 11.2. The topological polar surface area (TPSA) is 46.5 Å². The van der Waals surface area contributed by atoms with Gasteiger partial charge in [0, 0.05) is 13.2 Å². The lowest BCUT2D eigenvalue weighted by molar-refractivity contribution is -0.146. The van der Waals surface area contributed by atoms with E-state index < -0.39 is 5.97 Å². The largest absolute Gasteiger partial charge is 0.481 e. The fourth-order valence-electron chi connectivity index (χ4n) is 2.14. The molecule has 1 atom stereocenters. The van der Waals surface area contributed by atoms with E-state index >= 15 is 0 Å². The Morgan fingerprint density at radius 3 is 2.33 bits per heavy atom. The summed E-state index contributed by atoms with van der Waals surface area (Å²) in [6.45, 7) is 7.60. The molecule has 0 aromatic rings. The summed E-state index contributed by atoms with van der Waals surface area (Å²) in [7, 11) is 0. The van der Waals surface area contributed by atoms with Gasteiger partial charge < -0.3 is 9.84 Å². The van der Waals surface area contributed by atoms with E-state index in [4.69, 9.17) is 4.74 Å². The Labute approximate surface area is 91.8 Å². The van der Waals surface area contributed by atoms with E-state index in [1.807, 2.05) is 20.8 Å². The Balaban J connectivity index is 2.54. The van der Waals surface area contributed by atoms with Crippen molar-refractivity contribution in [3.63, 3.8) is 0 Å². The zero-order valence-corrected chi connectivity index (χ0v) is 9.95. The third-order valence-electron chi connectivity index (χ3n) is 3.25. The molecule has 0 aliphatic carbocycles. The normalized spacial score (nSPS) is 21.3. The first-order chi connectivity index (χ1) is 6.91. The SMILES string of the molecule is CC(C)(C)C(CC1CCOCC1)C(=O)O. The lowest BCUT2D eigenvalue weighted by Gasteiger charge is -2.31. The summed E-state index contributed by atoms with van der Waals surface area (Å²) in [4.78, 5) is 11.2. The first-order valence-corrected chi connectivity index (χ1v) is 5.72. The number of carboxylic acid groups (broad SMARTS) is 1. The highest BCUT2D eigenvalue weighted by molar-refractivity contribution is 5.70. The average Bonchev–Trinajstić information content (AvgIpc) is 2.13. The van der Waals surface area contributed by atoms with Crippen LogP contribution in [0.2, 0.25) is 0 Å². The lowest BCUT2D eigenvalue weighted by atomic mass is 9.74. The molecule has 0 aromatic carbocycles. The number of aliphatic carboxylic acids is 1. The van der Waals surface area contributed by atoms with E-state index in [1.54, 1.807) is 0 Å². The van der Waals surface area contributed by atoms with E-state index in [2.05, 4.69) is 0 Å². The average molecular weight is 214 g/mol. The van der Waals surface area contributed by atoms with Gasteiger partial charge in [0.05, 0.1) is 5.92 Å². The Kier molecular flexibility index (Phi) is 4.14. The first kappa shape index (κ1) is 12.5. The van der Waals surface area contributed by atoms with Crippen LogP contribution in [0.4, 0.5) is 0 Å². The summed E-state index contributed by atoms with van der Waals surface area (Å²) in [6.07, 6.45) is 2.82. The second-order valence-corrected chi connectivity index (χ2v) is 5.55. The van der Waals surface area contributed by atoms with Gasteiger partial charge in [-0.1, -0.05) is 20.8 Å². The number of hydrogen-bond donors (Lipinski definition) is 1. The van der Waals surface area contributed by atoms with Gasteiger partial charge in [0.25, 0.3) is 0 Å². The van der Waals surface area contributed by atoms with Crippen molar-refractivity contribution in [1.29, 1.82) is 0 Å². The van der Waals surface area contributed by atoms with Crippen LogP contribution in [-0.2, 0) is 9.53 Å². The Morgan fingerprint density at radius 1 is 1.40 bits per heavy atom. The van der Waals surface area contributed by atoms with Gasteiger partial charge in [-0.15, -0.1) is 0 Å². The van der Waals surface area contributed by atoms with Crippen molar-refractivity contribution in [3.8, 4) is 0 Å². The van der Waals surface area contributed by atoms with Crippen molar-refractivity contribution in [2.45, 2.75) is 40.0 Å². The molecular formula is C12H22O3. The molecule has 1 unspecified atom stereocenters. The van der Waals surface area contributed by atoms with Crippen LogP contribution in [0, 0.1) is 17.3 Å². The summed E-state index contributed by atoms with van der Waals surface area (Å²) < 4.78 is 5.28. The number of hydrogen-bond acceptors (Lipinski definition) is 2. The maximum Gasteiger partial charge on any atom is 0.307 e. The van der Waals surface area contributed by atoms with Gasteiger partial charge in [-0.2, -0.15) is 0 Å². The maximum absolute atomic E-state index is 11.2. The molecule has 0 amide bonds.